The molecule has 1 N–H and O–H groups in total. The van der Waals surface area contributed by atoms with Gasteiger partial charge in [0.15, 0.2) is 0 Å². The van der Waals surface area contributed by atoms with Gasteiger partial charge in [-0.2, -0.15) is 0 Å². The fourth-order valence-electron chi connectivity index (χ4n) is 2.50. The molecule has 1 rings (SSSR count). The fourth-order valence-corrected chi connectivity index (χ4v) is 2.50. The fraction of sp³-hybridized carbons (Fsp3) is 0.550. The van der Waals surface area contributed by atoms with Crippen molar-refractivity contribution in [3.8, 4) is 0 Å². The molecule has 0 aromatic rings. The summed E-state index contributed by atoms with van der Waals surface area (Å²) < 4.78 is 5.57. The van der Waals surface area contributed by atoms with Crippen LogP contribution < -0.4 is 0 Å². The lowest BCUT2D eigenvalue weighted by Crippen LogP contribution is -2.24. The topological polar surface area (TPSA) is 46.5 Å². The van der Waals surface area contributed by atoms with Crippen LogP contribution in [-0.2, 0) is 9.53 Å². The summed E-state index contributed by atoms with van der Waals surface area (Å²) in [6.07, 6.45) is 12.2. The molecule has 0 saturated carbocycles. The molecule has 23 heavy (non-hydrogen) atoms. The number of carbonyl (C=O) groups excluding carboxylic acids is 1. The van der Waals surface area contributed by atoms with Gasteiger partial charge in [-0.15, -0.1) is 0 Å². The normalized spacial score (nSPS) is 19.3. The van der Waals surface area contributed by atoms with Crippen molar-refractivity contribution in [1.29, 1.82) is 0 Å². The molecule has 1 heterocycles. The number of aliphatic hydroxyl groups excluding tert-OH is 1. The summed E-state index contributed by atoms with van der Waals surface area (Å²) in [7, 11) is 0. The Kier molecular flexibility index (Phi) is 8.64. The third-order valence-electron chi connectivity index (χ3n) is 4.01. The molecule has 0 bridgehead atoms. The molecular formula is C20H30O3. The van der Waals surface area contributed by atoms with E-state index in [1.165, 1.54) is 11.1 Å². The van der Waals surface area contributed by atoms with E-state index in [-0.39, 0.29) is 18.7 Å². The summed E-state index contributed by atoms with van der Waals surface area (Å²) in [4.78, 5) is 12.1. The first kappa shape index (κ1) is 19.4. The highest BCUT2D eigenvalue weighted by Gasteiger charge is 2.23. The second-order valence-corrected chi connectivity index (χ2v) is 6.40. The second-order valence-electron chi connectivity index (χ2n) is 6.40. The number of esters is 1. The minimum absolute atomic E-state index is 0.0923. The Morgan fingerprint density at radius 1 is 1.22 bits per heavy atom. The average molecular weight is 318 g/mol. The van der Waals surface area contributed by atoms with Crippen LogP contribution in [-0.4, -0.2) is 23.8 Å². The van der Waals surface area contributed by atoms with E-state index in [1.54, 1.807) is 0 Å². The van der Waals surface area contributed by atoms with Gasteiger partial charge < -0.3 is 9.84 Å². The van der Waals surface area contributed by atoms with Gasteiger partial charge in [-0.05, 0) is 59.0 Å². The van der Waals surface area contributed by atoms with E-state index in [1.807, 2.05) is 26.0 Å². The SMILES string of the molecule is CC(C)=CCCC1=CC[C@@H](/C(C)=C/CC/C(C)=C\CO)OC1=O. The van der Waals surface area contributed by atoms with E-state index >= 15 is 0 Å². The lowest BCUT2D eigenvalue weighted by atomic mass is 9.99. The number of allylic oxidation sites excluding steroid dienone is 4. The molecule has 0 unspecified atom stereocenters. The molecule has 0 aliphatic carbocycles. The number of hydrogen-bond acceptors (Lipinski definition) is 3. The molecule has 0 amide bonds. The molecule has 1 atom stereocenters. The van der Waals surface area contributed by atoms with Gasteiger partial charge in [0, 0.05) is 12.0 Å². The molecular weight excluding hydrogens is 288 g/mol. The molecule has 1 aliphatic rings. The zero-order valence-electron chi connectivity index (χ0n) is 14.9. The molecule has 0 radical (unpaired) electrons. The van der Waals surface area contributed by atoms with Crippen LogP contribution in [0.15, 0.2) is 46.6 Å². The van der Waals surface area contributed by atoms with Crippen molar-refractivity contribution in [3.63, 3.8) is 0 Å². The molecule has 0 saturated heterocycles. The van der Waals surface area contributed by atoms with Crippen LogP contribution in [0.1, 0.15) is 59.8 Å². The number of rotatable bonds is 8. The van der Waals surface area contributed by atoms with E-state index in [0.29, 0.717) is 0 Å². The summed E-state index contributed by atoms with van der Waals surface area (Å²) in [6, 6.07) is 0. The molecule has 0 aromatic carbocycles. The van der Waals surface area contributed by atoms with Crippen molar-refractivity contribution in [1.82, 2.24) is 0 Å². The van der Waals surface area contributed by atoms with Crippen LogP contribution in [0.3, 0.4) is 0 Å². The highest BCUT2D eigenvalue weighted by molar-refractivity contribution is 5.89. The van der Waals surface area contributed by atoms with Gasteiger partial charge in [0.1, 0.15) is 6.10 Å². The monoisotopic (exact) mass is 318 g/mol. The van der Waals surface area contributed by atoms with E-state index in [4.69, 9.17) is 9.84 Å². The Morgan fingerprint density at radius 2 is 1.96 bits per heavy atom. The van der Waals surface area contributed by atoms with Crippen molar-refractivity contribution in [2.75, 3.05) is 6.61 Å². The molecule has 3 heteroatoms. The number of cyclic esters (lactones) is 1. The first-order valence-corrected chi connectivity index (χ1v) is 8.40. The largest absolute Gasteiger partial charge is 0.454 e. The van der Waals surface area contributed by atoms with Gasteiger partial charge >= 0.3 is 5.97 Å². The number of hydrogen-bond donors (Lipinski definition) is 1. The van der Waals surface area contributed by atoms with Gasteiger partial charge in [0.25, 0.3) is 0 Å². The summed E-state index contributed by atoms with van der Waals surface area (Å²) >= 11 is 0. The van der Waals surface area contributed by atoms with Crippen molar-refractivity contribution in [3.05, 3.63) is 46.6 Å². The van der Waals surface area contributed by atoms with E-state index < -0.39 is 0 Å². The predicted octanol–water partition coefficient (Wildman–Crippen LogP) is 4.64. The predicted molar refractivity (Wildman–Crippen MR) is 95.1 cm³/mol. The molecule has 128 valence electrons. The lowest BCUT2D eigenvalue weighted by Gasteiger charge is -2.23. The third-order valence-corrected chi connectivity index (χ3v) is 4.01. The quantitative estimate of drug-likeness (QED) is 0.524. The molecule has 0 fully saturated rings. The van der Waals surface area contributed by atoms with Gasteiger partial charge in [-0.3, -0.25) is 0 Å². The van der Waals surface area contributed by atoms with Crippen LogP contribution in [0.2, 0.25) is 0 Å². The van der Waals surface area contributed by atoms with Crippen molar-refractivity contribution >= 4 is 5.97 Å². The Balaban J connectivity index is 2.51. The first-order valence-electron chi connectivity index (χ1n) is 8.40. The molecule has 0 aromatic heterocycles. The van der Waals surface area contributed by atoms with Gasteiger partial charge in [-0.25, -0.2) is 4.79 Å². The molecule has 3 nitrogen and oxygen atoms in total. The van der Waals surface area contributed by atoms with Gasteiger partial charge in [0.2, 0.25) is 0 Å². The maximum absolute atomic E-state index is 12.1. The average Bonchev–Trinajstić information content (AvgIpc) is 2.48. The lowest BCUT2D eigenvalue weighted by molar-refractivity contribution is -0.143. The Labute approximate surface area is 140 Å². The van der Waals surface area contributed by atoms with Crippen LogP contribution in [0, 0.1) is 0 Å². The Bertz CT molecular complexity index is 517. The summed E-state index contributed by atoms with van der Waals surface area (Å²) in [6.45, 7) is 8.26. The van der Waals surface area contributed by atoms with Crippen molar-refractivity contribution in [2.24, 2.45) is 0 Å². The highest BCUT2D eigenvalue weighted by Crippen LogP contribution is 2.23. The minimum atomic E-state index is -0.174. The summed E-state index contributed by atoms with van der Waals surface area (Å²) in [5.74, 6) is -0.174. The maximum atomic E-state index is 12.1. The van der Waals surface area contributed by atoms with E-state index in [0.717, 1.165) is 43.3 Å². The summed E-state index contributed by atoms with van der Waals surface area (Å²) in [5.41, 5.74) is 4.36. The smallest absolute Gasteiger partial charge is 0.334 e. The zero-order valence-corrected chi connectivity index (χ0v) is 14.9. The zero-order chi connectivity index (χ0) is 17.2. The van der Waals surface area contributed by atoms with Crippen LogP contribution >= 0.6 is 0 Å². The van der Waals surface area contributed by atoms with Crippen LogP contribution in [0.25, 0.3) is 0 Å². The van der Waals surface area contributed by atoms with Gasteiger partial charge in [0.05, 0.1) is 6.61 Å². The molecule has 0 spiro atoms. The number of ether oxygens (including phenoxy) is 1. The minimum Gasteiger partial charge on any atom is -0.454 e. The Morgan fingerprint density at radius 3 is 2.57 bits per heavy atom. The standard InChI is InChI=1S/C20H30O3/c1-15(2)7-5-10-18-11-12-19(23-20(18)22)17(4)9-6-8-16(3)13-14-21/h7,9,11,13,19,21H,5-6,8,10,12,14H2,1-4H3/b16-13-,17-9+/t19-/m0/s1. The molecule has 1 aliphatic heterocycles. The van der Waals surface area contributed by atoms with Crippen molar-refractivity contribution in [2.45, 2.75) is 65.9 Å². The number of carbonyl (C=O) groups is 1. The summed E-state index contributed by atoms with van der Waals surface area (Å²) in [5, 5.41) is 8.84. The first-order chi connectivity index (χ1) is 10.9. The van der Waals surface area contributed by atoms with E-state index in [9.17, 15) is 4.79 Å². The van der Waals surface area contributed by atoms with Crippen LogP contribution in [0.5, 0.6) is 0 Å². The maximum Gasteiger partial charge on any atom is 0.334 e. The Hall–Kier alpha value is -1.61. The van der Waals surface area contributed by atoms with Gasteiger partial charge in [-0.1, -0.05) is 35.5 Å². The highest BCUT2D eigenvalue weighted by atomic mass is 16.5. The van der Waals surface area contributed by atoms with Crippen molar-refractivity contribution < 1.29 is 14.6 Å². The van der Waals surface area contributed by atoms with E-state index in [2.05, 4.69) is 26.0 Å². The second kappa shape index (κ2) is 10.2. The third kappa shape index (κ3) is 7.47. The number of aliphatic hydroxyl groups is 1. The van der Waals surface area contributed by atoms with Crippen LogP contribution in [0.4, 0.5) is 0 Å².